The minimum atomic E-state index is -1.32. The molecule has 0 fully saturated rings. The lowest BCUT2D eigenvalue weighted by Gasteiger charge is -2.43. The van der Waals surface area contributed by atoms with E-state index in [0.29, 0.717) is 10.5 Å². The maximum Gasteiger partial charge on any atom is 0.0874 e. The summed E-state index contributed by atoms with van der Waals surface area (Å²) >= 11 is 0. The summed E-state index contributed by atoms with van der Waals surface area (Å²) < 4.78 is 0. The summed E-state index contributed by atoms with van der Waals surface area (Å²) in [5.41, 5.74) is 1.91. The second-order valence-corrected chi connectivity index (χ2v) is 11.5. The molecule has 15 heavy (non-hydrogen) atoms. The van der Waals surface area contributed by atoms with Gasteiger partial charge in [-0.1, -0.05) is 70.2 Å². The number of benzene rings is 1. The molecule has 1 heteroatoms. The van der Waals surface area contributed by atoms with Crippen molar-refractivity contribution in [3.8, 4) is 0 Å². The third kappa shape index (κ3) is 1.07. The molecule has 0 atom stereocenters. The number of fused-ring (bicyclic) bond motifs is 1. The van der Waals surface area contributed by atoms with Crippen molar-refractivity contribution in [3.05, 3.63) is 29.8 Å². The van der Waals surface area contributed by atoms with E-state index in [1.165, 1.54) is 0 Å². The van der Waals surface area contributed by atoms with Crippen LogP contribution in [0.15, 0.2) is 24.3 Å². The van der Waals surface area contributed by atoms with Crippen molar-refractivity contribution in [2.24, 2.45) is 0 Å². The van der Waals surface area contributed by atoms with Crippen molar-refractivity contribution < 1.29 is 0 Å². The van der Waals surface area contributed by atoms with E-state index in [-0.39, 0.29) is 0 Å². The molecule has 0 radical (unpaired) electrons. The summed E-state index contributed by atoms with van der Waals surface area (Å²) in [6.45, 7) is 14.8. The third-order valence-corrected chi connectivity index (χ3v) is 10.9. The number of hydrogen-bond acceptors (Lipinski definition) is 0. The molecule has 1 aliphatic heterocycles. The lowest BCUT2D eigenvalue weighted by molar-refractivity contribution is 0.394. The molecule has 1 aromatic rings. The van der Waals surface area contributed by atoms with Crippen LogP contribution in [0.2, 0.25) is 18.1 Å². The maximum absolute atomic E-state index is 2.51. The van der Waals surface area contributed by atoms with Crippen LogP contribution in [0.5, 0.6) is 0 Å². The zero-order valence-corrected chi connectivity index (χ0v) is 11.8. The molecule has 1 aliphatic rings. The molecule has 0 amide bonds. The first-order chi connectivity index (χ1) is 6.73. The molecule has 2 rings (SSSR count). The topological polar surface area (TPSA) is 0 Å². The van der Waals surface area contributed by atoms with Gasteiger partial charge in [0.05, 0.1) is 8.07 Å². The van der Waals surface area contributed by atoms with Crippen molar-refractivity contribution in [3.63, 3.8) is 0 Å². The van der Waals surface area contributed by atoms with Gasteiger partial charge in [-0.25, -0.2) is 0 Å². The van der Waals surface area contributed by atoms with Crippen LogP contribution in [0, 0.1) is 0 Å². The van der Waals surface area contributed by atoms with Gasteiger partial charge in [-0.2, -0.15) is 0 Å². The minimum absolute atomic E-state index is 0.319. The van der Waals surface area contributed by atoms with E-state index in [1.807, 2.05) is 0 Å². The fraction of sp³-hybridized carbons (Fsp3) is 0.571. The molecule has 1 heterocycles. The lowest BCUT2D eigenvalue weighted by atomic mass is 9.75. The molecule has 82 valence electrons. The van der Waals surface area contributed by atoms with Crippen molar-refractivity contribution >= 4 is 13.3 Å². The zero-order chi connectivity index (χ0) is 11.5. The highest BCUT2D eigenvalue weighted by Gasteiger charge is 2.57. The molecule has 0 saturated heterocycles. The van der Waals surface area contributed by atoms with Gasteiger partial charge >= 0.3 is 0 Å². The Bertz CT molecular complexity index is 363. The van der Waals surface area contributed by atoms with Crippen LogP contribution >= 0.6 is 0 Å². The predicted molar refractivity (Wildman–Crippen MR) is 70.6 cm³/mol. The van der Waals surface area contributed by atoms with Crippen LogP contribution in [0.4, 0.5) is 0 Å². The first-order valence-corrected chi connectivity index (χ1v) is 8.83. The lowest BCUT2D eigenvalue weighted by Crippen LogP contribution is -2.48. The first kappa shape index (κ1) is 10.9. The van der Waals surface area contributed by atoms with Crippen molar-refractivity contribution in [1.29, 1.82) is 0 Å². The van der Waals surface area contributed by atoms with Crippen molar-refractivity contribution in [2.75, 3.05) is 0 Å². The summed E-state index contributed by atoms with van der Waals surface area (Å²) in [5.74, 6) is 0. The molecule has 0 aromatic heterocycles. The quantitative estimate of drug-likeness (QED) is 0.583. The molecule has 0 saturated carbocycles. The molecular weight excluding hydrogens is 196 g/mol. The standard InChI is InChI=1S/C14H22Si/c1-13(2)11-9-7-8-10-12(11)15(5,6)14(13,3)4/h7-10H,1-6H3. The van der Waals surface area contributed by atoms with E-state index >= 15 is 0 Å². The van der Waals surface area contributed by atoms with Crippen molar-refractivity contribution in [2.45, 2.75) is 51.2 Å². The van der Waals surface area contributed by atoms with Gasteiger partial charge in [0, 0.05) is 0 Å². The Morgan fingerprint density at radius 3 is 2.00 bits per heavy atom. The first-order valence-electron chi connectivity index (χ1n) is 5.83. The Morgan fingerprint density at radius 1 is 0.933 bits per heavy atom. The molecular formula is C14H22Si. The Balaban J connectivity index is 2.78. The van der Waals surface area contributed by atoms with Gasteiger partial charge in [0.15, 0.2) is 0 Å². The second-order valence-electron chi connectivity index (χ2n) is 6.42. The van der Waals surface area contributed by atoms with Crippen LogP contribution in [-0.4, -0.2) is 8.07 Å². The van der Waals surface area contributed by atoms with Crippen LogP contribution < -0.4 is 5.19 Å². The van der Waals surface area contributed by atoms with E-state index in [1.54, 1.807) is 10.8 Å². The van der Waals surface area contributed by atoms with Crippen LogP contribution in [0.3, 0.4) is 0 Å². The third-order valence-electron chi connectivity index (χ3n) is 5.40. The average Bonchev–Trinajstić information content (AvgIpc) is 2.26. The van der Waals surface area contributed by atoms with Crippen LogP contribution in [0.1, 0.15) is 33.3 Å². The van der Waals surface area contributed by atoms with Gasteiger partial charge < -0.3 is 0 Å². The van der Waals surface area contributed by atoms with Gasteiger partial charge in [0.2, 0.25) is 0 Å². The summed E-state index contributed by atoms with van der Waals surface area (Å²) in [7, 11) is -1.32. The molecule has 0 aliphatic carbocycles. The Morgan fingerprint density at radius 2 is 1.47 bits per heavy atom. The predicted octanol–water partition coefficient (Wildman–Crippen LogP) is 3.67. The monoisotopic (exact) mass is 218 g/mol. The highest BCUT2D eigenvalue weighted by atomic mass is 28.3. The summed E-state index contributed by atoms with van der Waals surface area (Å²) in [6, 6.07) is 9.08. The van der Waals surface area contributed by atoms with Crippen molar-refractivity contribution in [1.82, 2.24) is 0 Å². The molecule has 0 bridgehead atoms. The highest BCUT2D eigenvalue weighted by molar-refractivity contribution is 6.93. The SMILES string of the molecule is CC1(C)c2ccccc2[Si](C)(C)C1(C)C. The van der Waals surface area contributed by atoms with Crippen LogP contribution in [-0.2, 0) is 5.41 Å². The van der Waals surface area contributed by atoms with Gasteiger partial charge in [-0.3, -0.25) is 0 Å². The minimum Gasteiger partial charge on any atom is -0.0650 e. The molecule has 1 aromatic carbocycles. The molecule has 0 N–H and O–H groups in total. The summed E-state index contributed by atoms with van der Waals surface area (Å²) in [4.78, 5) is 0. The Kier molecular flexibility index (Phi) is 2.01. The van der Waals surface area contributed by atoms with Crippen LogP contribution in [0.25, 0.3) is 0 Å². The molecule has 0 spiro atoms. The zero-order valence-electron chi connectivity index (χ0n) is 10.8. The normalized spacial score (nSPS) is 24.9. The van der Waals surface area contributed by atoms with E-state index in [2.05, 4.69) is 65.1 Å². The number of rotatable bonds is 0. The highest BCUT2D eigenvalue weighted by Crippen LogP contribution is 2.57. The van der Waals surface area contributed by atoms with E-state index < -0.39 is 8.07 Å². The van der Waals surface area contributed by atoms with Gasteiger partial charge in [-0.05, 0) is 16.0 Å². The van der Waals surface area contributed by atoms with Gasteiger partial charge in [0.1, 0.15) is 0 Å². The largest absolute Gasteiger partial charge is 0.0874 e. The maximum atomic E-state index is 2.51. The summed E-state index contributed by atoms with van der Waals surface area (Å²) in [5, 5.41) is 2.10. The Hall–Kier alpha value is -0.563. The van der Waals surface area contributed by atoms with Gasteiger partial charge in [-0.15, -0.1) is 0 Å². The van der Waals surface area contributed by atoms with E-state index in [9.17, 15) is 0 Å². The second kappa shape index (κ2) is 2.76. The fourth-order valence-corrected chi connectivity index (χ4v) is 6.98. The van der Waals surface area contributed by atoms with E-state index in [0.717, 1.165) is 0 Å². The fourth-order valence-electron chi connectivity index (χ4n) is 3.03. The Labute approximate surface area is 94.7 Å². The average molecular weight is 218 g/mol. The van der Waals surface area contributed by atoms with E-state index in [4.69, 9.17) is 0 Å². The molecule has 0 unspecified atom stereocenters. The molecule has 0 nitrogen and oxygen atoms in total. The summed E-state index contributed by atoms with van der Waals surface area (Å²) in [6.07, 6.45) is 0. The smallest absolute Gasteiger partial charge is 0.0650 e. The number of hydrogen-bond donors (Lipinski definition) is 0. The van der Waals surface area contributed by atoms with Gasteiger partial charge in [0.25, 0.3) is 0 Å².